The lowest BCUT2D eigenvalue weighted by atomic mass is 9.93. The molecular weight excluding hydrogens is 244 g/mol. The molecule has 1 aromatic heterocycles. The number of anilines is 1. The maximum Gasteiger partial charge on any atom is 0.320 e. The van der Waals surface area contributed by atoms with Crippen molar-refractivity contribution in [1.29, 1.82) is 0 Å². The molecule has 2 N–H and O–H groups in total. The average Bonchev–Trinajstić information content (AvgIpc) is 2.36. The van der Waals surface area contributed by atoms with E-state index in [-0.39, 0.29) is 5.78 Å². The Hall–Kier alpha value is -2.37. The van der Waals surface area contributed by atoms with Crippen LogP contribution in [0.3, 0.4) is 0 Å². The molecule has 1 aromatic rings. The number of Topliss-reactive ketones (excluding diaryl/α,β-unsaturated/α-hetero) is 1. The predicted octanol–water partition coefficient (Wildman–Crippen LogP) is 0.596. The summed E-state index contributed by atoms with van der Waals surface area (Å²) in [4.78, 5) is 30.8. The fourth-order valence-corrected chi connectivity index (χ4v) is 2.76. The summed E-state index contributed by atoms with van der Waals surface area (Å²) in [7, 11) is 1.88. The highest BCUT2D eigenvalue weighted by atomic mass is 16.2. The molecule has 0 bridgehead atoms. The average molecular weight is 258 g/mol. The van der Waals surface area contributed by atoms with E-state index in [4.69, 9.17) is 5.73 Å². The zero-order chi connectivity index (χ0) is 13.6. The molecule has 0 radical (unpaired) electrons. The van der Waals surface area contributed by atoms with Gasteiger partial charge in [0.15, 0.2) is 5.78 Å². The highest BCUT2D eigenvalue weighted by Crippen LogP contribution is 2.37. The molecule has 0 spiro atoms. The summed E-state index contributed by atoms with van der Waals surface area (Å²) in [6, 6.07) is 3.17. The molecule has 2 aliphatic heterocycles. The lowest BCUT2D eigenvalue weighted by Crippen LogP contribution is -2.44. The van der Waals surface area contributed by atoms with Crippen molar-refractivity contribution in [3.8, 4) is 0 Å². The van der Waals surface area contributed by atoms with Crippen molar-refractivity contribution in [2.45, 2.75) is 6.42 Å². The van der Waals surface area contributed by atoms with Gasteiger partial charge in [-0.15, -0.1) is 0 Å². The first-order chi connectivity index (χ1) is 9.08. The summed E-state index contributed by atoms with van der Waals surface area (Å²) in [5, 5.41) is 0. The molecule has 0 atom stereocenters. The van der Waals surface area contributed by atoms with Gasteiger partial charge < -0.3 is 10.6 Å². The van der Waals surface area contributed by atoms with Crippen LogP contribution in [-0.4, -0.2) is 41.8 Å². The van der Waals surface area contributed by atoms with Gasteiger partial charge in [-0.3, -0.25) is 9.69 Å². The van der Waals surface area contributed by atoms with E-state index in [9.17, 15) is 9.59 Å². The number of nitrogens with two attached hydrogens (primary N) is 1. The minimum atomic E-state index is -0.549. The fraction of sp³-hybridized carbons (Fsp3) is 0.308. The number of fused-ring (bicyclic) bond motifs is 2. The molecule has 0 saturated heterocycles. The zero-order valence-electron chi connectivity index (χ0n) is 10.6. The Morgan fingerprint density at radius 1 is 1.42 bits per heavy atom. The molecule has 2 aliphatic rings. The Morgan fingerprint density at radius 3 is 2.95 bits per heavy atom. The van der Waals surface area contributed by atoms with E-state index in [1.807, 2.05) is 24.1 Å². The largest absolute Gasteiger partial charge is 0.367 e. The number of pyridine rings is 1. The number of rotatable bonds is 0. The van der Waals surface area contributed by atoms with E-state index >= 15 is 0 Å². The summed E-state index contributed by atoms with van der Waals surface area (Å²) >= 11 is 0. The second-order valence-corrected chi connectivity index (χ2v) is 4.82. The maximum atomic E-state index is 11.7. The quantitative estimate of drug-likeness (QED) is 0.739. The minimum absolute atomic E-state index is 0.151. The number of urea groups is 1. The third-order valence-corrected chi connectivity index (χ3v) is 3.45. The molecule has 98 valence electrons. The molecule has 0 aliphatic carbocycles. The standard InChI is InChI=1S/C13H14N4O2/c1-16-7-9(18)5-8-6-17(13(14)19)12-10(11(8)16)3-2-4-15-12/h2-4H,5-7H2,1H3,(H2,14,19). The fourth-order valence-electron chi connectivity index (χ4n) is 2.76. The highest BCUT2D eigenvalue weighted by Gasteiger charge is 2.33. The Kier molecular flexibility index (Phi) is 2.51. The van der Waals surface area contributed by atoms with Gasteiger partial charge in [-0.25, -0.2) is 9.78 Å². The SMILES string of the molecule is CN1CC(=O)CC2=C1c1cccnc1N(C(N)=O)C2. The topological polar surface area (TPSA) is 79.5 Å². The minimum Gasteiger partial charge on any atom is -0.367 e. The van der Waals surface area contributed by atoms with Gasteiger partial charge in [-0.05, 0) is 17.7 Å². The second-order valence-electron chi connectivity index (χ2n) is 4.82. The lowest BCUT2D eigenvalue weighted by Gasteiger charge is -2.37. The first kappa shape index (κ1) is 11.7. The molecular formula is C13H14N4O2. The summed E-state index contributed by atoms with van der Waals surface area (Å²) in [6.07, 6.45) is 2.01. The summed E-state index contributed by atoms with van der Waals surface area (Å²) in [6.45, 7) is 0.731. The zero-order valence-corrected chi connectivity index (χ0v) is 10.6. The van der Waals surface area contributed by atoms with E-state index in [1.54, 1.807) is 6.20 Å². The van der Waals surface area contributed by atoms with E-state index in [0.717, 1.165) is 16.8 Å². The molecule has 0 unspecified atom stereocenters. The molecule has 0 saturated carbocycles. The molecule has 6 heteroatoms. The molecule has 0 fully saturated rings. The molecule has 6 nitrogen and oxygen atoms in total. The van der Waals surface area contributed by atoms with Crippen LogP contribution in [-0.2, 0) is 4.79 Å². The lowest BCUT2D eigenvalue weighted by molar-refractivity contribution is -0.119. The number of likely N-dealkylation sites (N-methyl/N-ethyl adjacent to an activating group) is 1. The number of nitrogens with zero attached hydrogens (tertiary/aromatic N) is 3. The molecule has 0 aromatic carbocycles. The van der Waals surface area contributed by atoms with Gasteiger partial charge in [-0.2, -0.15) is 0 Å². The third-order valence-electron chi connectivity index (χ3n) is 3.45. The van der Waals surface area contributed by atoms with Crippen molar-refractivity contribution in [1.82, 2.24) is 9.88 Å². The summed E-state index contributed by atoms with van der Waals surface area (Å²) in [5.74, 6) is 0.716. The Labute approximate surface area is 110 Å². The van der Waals surface area contributed by atoms with Gasteiger partial charge in [-0.1, -0.05) is 0 Å². The van der Waals surface area contributed by atoms with Crippen molar-refractivity contribution < 1.29 is 9.59 Å². The van der Waals surface area contributed by atoms with Crippen LogP contribution in [0.2, 0.25) is 0 Å². The first-order valence-corrected chi connectivity index (χ1v) is 6.05. The van der Waals surface area contributed by atoms with Crippen LogP contribution >= 0.6 is 0 Å². The summed E-state index contributed by atoms with van der Waals surface area (Å²) < 4.78 is 0. The van der Waals surface area contributed by atoms with Gasteiger partial charge in [0.05, 0.1) is 13.1 Å². The van der Waals surface area contributed by atoms with Crippen LogP contribution < -0.4 is 10.6 Å². The monoisotopic (exact) mass is 258 g/mol. The van der Waals surface area contributed by atoms with Crippen molar-refractivity contribution in [3.05, 3.63) is 29.5 Å². The maximum absolute atomic E-state index is 11.7. The summed E-state index contributed by atoms with van der Waals surface area (Å²) in [5.41, 5.74) is 8.19. The second kappa shape index (κ2) is 4.08. The van der Waals surface area contributed by atoms with Crippen molar-refractivity contribution in [3.63, 3.8) is 0 Å². The van der Waals surface area contributed by atoms with E-state index in [1.165, 1.54) is 4.90 Å². The van der Waals surface area contributed by atoms with Crippen LogP contribution in [0.5, 0.6) is 0 Å². The molecule has 3 heterocycles. The van der Waals surface area contributed by atoms with E-state index in [2.05, 4.69) is 4.98 Å². The Morgan fingerprint density at radius 2 is 2.21 bits per heavy atom. The van der Waals surface area contributed by atoms with Crippen molar-refractivity contribution in [2.75, 3.05) is 25.0 Å². The highest BCUT2D eigenvalue weighted by molar-refractivity contribution is 5.99. The van der Waals surface area contributed by atoms with Gasteiger partial charge in [0.2, 0.25) is 0 Å². The molecule has 2 amide bonds. The third kappa shape index (κ3) is 1.76. The molecule has 3 rings (SSSR count). The van der Waals surface area contributed by atoms with Gasteiger partial charge in [0.25, 0.3) is 0 Å². The van der Waals surface area contributed by atoms with Crippen LogP contribution in [0.25, 0.3) is 5.70 Å². The van der Waals surface area contributed by atoms with Crippen molar-refractivity contribution in [2.24, 2.45) is 5.73 Å². The smallest absolute Gasteiger partial charge is 0.320 e. The Balaban J connectivity index is 2.18. The molecule has 19 heavy (non-hydrogen) atoms. The first-order valence-electron chi connectivity index (χ1n) is 6.05. The number of hydrogen-bond donors (Lipinski definition) is 1. The number of carbonyl (C=O) groups excluding carboxylic acids is 2. The van der Waals surface area contributed by atoms with Crippen molar-refractivity contribution >= 4 is 23.3 Å². The van der Waals surface area contributed by atoms with Gasteiger partial charge in [0.1, 0.15) is 5.82 Å². The van der Waals surface area contributed by atoms with Crippen LogP contribution in [0, 0.1) is 0 Å². The Bertz CT molecular complexity index is 608. The number of carbonyl (C=O) groups is 2. The number of primary amides is 1. The van der Waals surface area contributed by atoms with Crippen LogP contribution in [0.4, 0.5) is 10.6 Å². The van der Waals surface area contributed by atoms with E-state index < -0.39 is 6.03 Å². The number of aromatic nitrogens is 1. The van der Waals surface area contributed by atoms with Crippen LogP contribution in [0.1, 0.15) is 12.0 Å². The van der Waals surface area contributed by atoms with Crippen LogP contribution in [0.15, 0.2) is 23.9 Å². The van der Waals surface area contributed by atoms with Gasteiger partial charge in [0, 0.05) is 30.9 Å². The van der Waals surface area contributed by atoms with E-state index in [0.29, 0.717) is 25.3 Å². The van der Waals surface area contributed by atoms with Gasteiger partial charge >= 0.3 is 6.03 Å². The number of hydrogen-bond acceptors (Lipinski definition) is 4. The predicted molar refractivity (Wildman–Crippen MR) is 70.3 cm³/mol. The number of amides is 2. The number of ketones is 1. The normalized spacial score (nSPS) is 18.3.